The van der Waals surface area contributed by atoms with Crippen LogP contribution in [0.1, 0.15) is 12.6 Å². The summed E-state index contributed by atoms with van der Waals surface area (Å²) >= 11 is 0. The van der Waals surface area contributed by atoms with Gasteiger partial charge in [0, 0.05) is 17.8 Å². The Bertz CT molecular complexity index is 525. The number of hydrogen-bond acceptors (Lipinski definition) is 4. The number of nitrogen functional groups attached to an aromatic ring is 1. The molecule has 0 aliphatic heterocycles. The van der Waals surface area contributed by atoms with Gasteiger partial charge >= 0.3 is 0 Å². The van der Waals surface area contributed by atoms with E-state index >= 15 is 0 Å². The Morgan fingerprint density at radius 2 is 2.12 bits per heavy atom. The minimum absolute atomic E-state index is 0.0548. The highest BCUT2D eigenvalue weighted by atomic mass is 19.1. The molecule has 0 saturated heterocycles. The molecule has 1 atom stereocenters. The average molecular weight is 220 g/mol. The highest BCUT2D eigenvalue weighted by Gasteiger charge is 2.09. The molecule has 1 aromatic heterocycles. The largest absolute Gasteiger partial charge is 0.368 e. The zero-order valence-electron chi connectivity index (χ0n) is 8.94. The van der Waals surface area contributed by atoms with Crippen molar-refractivity contribution in [3.63, 3.8) is 0 Å². The van der Waals surface area contributed by atoms with Gasteiger partial charge in [0.15, 0.2) is 0 Å². The lowest BCUT2D eigenvalue weighted by atomic mass is 10.1. The van der Waals surface area contributed by atoms with Crippen LogP contribution in [0.25, 0.3) is 10.9 Å². The fraction of sp³-hybridized carbons (Fsp3) is 0.273. The van der Waals surface area contributed by atoms with Gasteiger partial charge in [0.25, 0.3) is 0 Å². The van der Waals surface area contributed by atoms with Gasteiger partial charge in [0.2, 0.25) is 5.95 Å². The van der Waals surface area contributed by atoms with Crippen LogP contribution in [0.15, 0.2) is 18.2 Å². The molecule has 4 nitrogen and oxygen atoms in total. The van der Waals surface area contributed by atoms with Gasteiger partial charge in [-0.2, -0.15) is 0 Å². The molecular weight excluding hydrogens is 207 g/mol. The van der Waals surface area contributed by atoms with Crippen LogP contribution in [0, 0.1) is 5.82 Å². The maximum atomic E-state index is 13.1. The molecule has 0 fully saturated rings. The van der Waals surface area contributed by atoms with E-state index in [-0.39, 0.29) is 17.8 Å². The zero-order chi connectivity index (χ0) is 11.7. The van der Waals surface area contributed by atoms with E-state index in [1.54, 1.807) is 6.07 Å². The molecule has 2 aromatic rings. The topological polar surface area (TPSA) is 77.8 Å². The van der Waals surface area contributed by atoms with Crippen LogP contribution in [-0.2, 0) is 6.42 Å². The number of fused-ring (bicyclic) bond motifs is 1. The standard InChI is InChI=1S/C11H13FN4/c1-6(13)4-10-8-5-7(12)2-3-9(8)15-11(14)16-10/h2-3,5-6H,4,13H2,1H3,(H2,14,15,16). The lowest BCUT2D eigenvalue weighted by Crippen LogP contribution is -2.19. The minimum Gasteiger partial charge on any atom is -0.368 e. The van der Waals surface area contributed by atoms with Crippen molar-refractivity contribution in [3.8, 4) is 0 Å². The second-order valence-electron chi connectivity index (χ2n) is 3.87. The van der Waals surface area contributed by atoms with Crippen molar-refractivity contribution < 1.29 is 4.39 Å². The first-order valence-electron chi connectivity index (χ1n) is 5.03. The van der Waals surface area contributed by atoms with E-state index in [4.69, 9.17) is 11.5 Å². The lowest BCUT2D eigenvalue weighted by molar-refractivity contribution is 0.629. The highest BCUT2D eigenvalue weighted by Crippen LogP contribution is 2.19. The van der Waals surface area contributed by atoms with E-state index in [0.29, 0.717) is 23.0 Å². The first kappa shape index (κ1) is 10.8. The Morgan fingerprint density at radius 1 is 1.38 bits per heavy atom. The van der Waals surface area contributed by atoms with E-state index in [2.05, 4.69) is 9.97 Å². The molecule has 0 aliphatic rings. The van der Waals surface area contributed by atoms with Crippen LogP contribution in [0.2, 0.25) is 0 Å². The maximum Gasteiger partial charge on any atom is 0.220 e. The number of nitrogens with two attached hydrogens (primary N) is 2. The van der Waals surface area contributed by atoms with Gasteiger partial charge in [0.05, 0.1) is 11.2 Å². The van der Waals surface area contributed by atoms with E-state index in [1.165, 1.54) is 12.1 Å². The van der Waals surface area contributed by atoms with Gasteiger partial charge < -0.3 is 11.5 Å². The Hall–Kier alpha value is -1.75. The van der Waals surface area contributed by atoms with E-state index in [0.717, 1.165) is 0 Å². The summed E-state index contributed by atoms with van der Waals surface area (Å²) in [5.41, 5.74) is 12.6. The third-order valence-electron chi connectivity index (χ3n) is 2.27. The van der Waals surface area contributed by atoms with Gasteiger partial charge in [0.1, 0.15) is 5.82 Å². The number of rotatable bonds is 2. The molecule has 84 valence electrons. The first-order chi connectivity index (χ1) is 7.56. The van der Waals surface area contributed by atoms with Crippen molar-refractivity contribution in [3.05, 3.63) is 29.7 Å². The van der Waals surface area contributed by atoms with Crippen LogP contribution in [0.3, 0.4) is 0 Å². The molecule has 16 heavy (non-hydrogen) atoms. The lowest BCUT2D eigenvalue weighted by Gasteiger charge is -2.08. The Morgan fingerprint density at radius 3 is 2.81 bits per heavy atom. The van der Waals surface area contributed by atoms with Crippen molar-refractivity contribution in [2.24, 2.45) is 5.73 Å². The summed E-state index contributed by atoms with van der Waals surface area (Å²) in [6.07, 6.45) is 0.548. The summed E-state index contributed by atoms with van der Waals surface area (Å²) in [5.74, 6) is -0.124. The molecule has 0 spiro atoms. The molecule has 5 heteroatoms. The van der Waals surface area contributed by atoms with Gasteiger partial charge in [-0.3, -0.25) is 0 Å². The predicted octanol–water partition coefficient (Wildman–Crippen LogP) is 1.24. The van der Waals surface area contributed by atoms with Crippen LogP contribution in [0.5, 0.6) is 0 Å². The van der Waals surface area contributed by atoms with Crippen LogP contribution in [0.4, 0.5) is 10.3 Å². The minimum atomic E-state index is -0.313. The number of anilines is 1. The van der Waals surface area contributed by atoms with E-state index < -0.39 is 0 Å². The average Bonchev–Trinajstić information content (AvgIpc) is 2.18. The molecule has 0 radical (unpaired) electrons. The molecule has 1 unspecified atom stereocenters. The highest BCUT2D eigenvalue weighted by molar-refractivity contribution is 5.81. The second-order valence-corrected chi connectivity index (χ2v) is 3.87. The quantitative estimate of drug-likeness (QED) is 0.798. The summed E-state index contributed by atoms with van der Waals surface area (Å²) in [6, 6.07) is 4.30. The molecule has 0 bridgehead atoms. The first-order valence-corrected chi connectivity index (χ1v) is 5.03. The summed E-state index contributed by atoms with van der Waals surface area (Å²) < 4.78 is 13.1. The zero-order valence-corrected chi connectivity index (χ0v) is 8.94. The Kier molecular flexibility index (Phi) is 2.70. The van der Waals surface area contributed by atoms with Gasteiger partial charge in [-0.15, -0.1) is 0 Å². The summed E-state index contributed by atoms with van der Waals surface area (Å²) in [4.78, 5) is 8.15. The van der Waals surface area contributed by atoms with Gasteiger partial charge in [-0.25, -0.2) is 14.4 Å². The molecule has 2 rings (SSSR count). The van der Waals surface area contributed by atoms with Gasteiger partial charge in [-0.05, 0) is 25.1 Å². The number of nitrogens with zero attached hydrogens (tertiary/aromatic N) is 2. The van der Waals surface area contributed by atoms with Crippen LogP contribution < -0.4 is 11.5 Å². The van der Waals surface area contributed by atoms with Crippen LogP contribution in [-0.4, -0.2) is 16.0 Å². The number of halogens is 1. The molecule has 0 saturated carbocycles. The molecule has 0 amide bonds. The van der Waals surface area contributed by atoms with E-state index in [9.17, 15) is 4.39 Å². The molecule has 0 aliphatic carbocycles. The van der Waals surface area contributed by atoms with Crippen molar-refractivity contribution in [2.75, 3.05) is 5.73 Å². The smallest absolute Gasteiger partial charge is 0.220 e. The molecular formula is C11H13FN4. The summed E-state index contributed by atoms with van der Waals surface area (Å²) in [7, 11) is 0. The van der Waals surface area contributed by atoms with Crippen molar-refractivity contribution >= 4 is 16.9 Å². The SMILES string of the molecule is CC(N)Cc1nc(N)nc2ccc(F)cc12. The predicted molar refractivity (Wildman–Crippen MR) is 61.3 cm³/mol. The summed E-state index contributed by atoms with van der Waals surface area (Å²) in [5, 5.41) is 0.673. The fourth-order valence-electron chi connectivity index (χ4n) is 1.64. The van der Waals surface area contributed by atoms with Crippen molar-refractivity contribution in [2.45, 2.75) is 19.4 Å². The van der Waals surface area contributed by atoms with E-state index in [1.807, 2.05) is 6.92 Å². The maximum absolute atomic E-state index is 13.1. The Balaban J connectivity index is 2.64. The second kappa shape index (κ2) is 4.02. The normalized spacial score (nSPS) is 12.9. The molecule has 1 heterocycles. The molecule has 1 aromatic carbocycles. The number of benzene rings is 1. The fourth-order valence-corrected chi connectivity index (χ4v) is 1.64. The van der Waals surface area contributed by atoms with Gasteiger partial charge in [-0.1, -0.05) is 0 Å². The van der Waals surface area contributed by atoms with Crippen LogP contribution >= 0.6 is 0 Å². The number of hydrogen-bond donors (Lipinski definition) is 2. The van der Waals surface area contributed by atoms with Crippen molar-refractivity contribution in [1.29, 1.82) is 0 Å². The number of aromatic nitrogens is 2. The third-order valence-corrected chi connectivity index (χ3v) is 2.27. The van der Waals surface area contributed by atoms with Crippen molar-refractivity contribution in [1.82, 2.24) is 9.97 Å². The summed E-state index contributed by atoms with van der Waals surface area (Å²) in [6.45, 7) is 1.86. The third kappa shape index (κ3) is 2.09. The molecule has 4 N–H and O–H groups in total. The monoisotopic (exact) mass is 220 g/mol. The Labute approximate surface area is 92.5 Å².